The van der Waals surface area contributed by atoms with Crippen LogP contribution in [0.25, 0.3) is 10.4 Å². The summed E-state index contributed by atoms with van der Waals surface area (Å²) in [6.45, 7) is 1.99. The first-order valence-electron chi connectivity index (χ1n) is 6.93. The molecule has 1 aliphatic heterocycles. The maximum Gasteiger partial charge on any atom is 0.417 e. The zero-order valence-corrected chi connectivity index (χ0v) is 11.8. The minimum atomic E-state index is -4.67. The van der Waals surface area contributed by atoms with Crippen molar-refractivity contribution < 1.29 is 18.0 Å². The second-order valence-electron chi connectivity index (χ2n) is 5.73. The monoisotopic (exact) mass is 310 g/mol. The molecule has 1 saturated carbocycles. The fourth-order valence-electron chi connectivity index (χ4n) is 2.96. The van der Waals surface area contributed by atoms with Crippen molar-refractivity contribution in [3.8, 4) is 0 Å². The molecule has 1 aliphatic carbocycles. The fourth-order valence-corrected chi connectivity index (χ4v) is 2.96. The molecule has 116 valence electrons. The molecule has 1 heterocycles. The average Bonchev–Trinajstić information content (AvgIpc) is 3.22. The molecule has 22 heavy (non-hydrogen) atoms. The summed E-state index contributed by atoms with van der Waals surface area (Å²) in [5.41, 5.74) is 7.25. The normalized spacial score (nSPS) is 18.9. The van der Waals surface area contributed by atoms with Gasteiger partial charge in [-0.15, -0.1) is 0 Å². The van der Waals surface area contributed by atoms with Crippen molar-refractivity contribution in [1.82, 2.24) is 4.90 Å². The summed E-state index contributed by atoms with van der Waals surface area (Å²) in [6.07, 6.45) is -2.67. The number of hydrogen-bond acceptors (Lipinski definition) is 2. The van der Waals surface area contributed by atoms with E-state index in [9.17, 15) is 18.0 Å². The number of carbonyl (C=O) groups excluding carboxylic acids is 1. The van der Waals surface area contributed by atoms with Crippen LogP contribution in [0.15, 0.2) is 17.2 Å². The summed E-state index contributed by atoms with van der Waals surface area (Å²) in [7, 11) is 0. The van der Waals surface area contributed by atoms with Gasteiger partial charge in [0.15, 0.2) is 0 Å². The maximum atomic E-state index is 13.2. The number of alkyl halides is 3. The summed E-state index contributed by atoms with van der Waals surface area (Å²) in [4.78, 5) is 16.4. The zero-order valence-electron chi connectivity index (χ0n) is 11.8. The highest BCUT2D eigenvalue weighted by Crippen LogP contribution is 2.43. The highest BCUT2D eigenvalue weighted by atomic mass is 19.4. The van der Waals surface area contributed by atoms with E-state index >= 15 is 0 Å². The highest BCUT2D eigenvalue weighted by molar-refractivity contribution is 6.00. The summed E-state index contributed by atoms with van der Waals surface area (Å²) in [6, 6.07) is 2.02. The van der Waals surface area contributed by atoms with E-state index < -0.39 is 17.6 Å². The predicted molar refractivity (Wildman–Crippen MR) is 72.3 cm³/mol. The van der Waals surface area contributed by atoms with E-state index in [1.807, 2.05) is 6.92 Å². The van der Waals surface area contributed by atoms with Crippen molar-refractivity contribution in [2.45, 2.75) is 38.5 Å². The number of amides is 1. The average molecular weight is 310 g/mol. The molecule has 0 radical (unpaired) electrons. The third-order valence-corrected chi connectivity index (χ3v) is 4.28. The Morgan fingerprint density at radius 1 is 1.41 bits per heavy atom. The summed E-state index contributed by atoms with van der Waals surface area (Å²) in [5.74, 6) is -0.224. The van der Waals surface area contributed by atoms with Crippen LogP contribution in [0.1, 0.15) is 41.3 Å². The van der Waals surface area contributed by atoms with E-state index in [2.05, 4.69) is 10.0 Å². The van der Waals surface area contributed by atoms with Gasteiger partial charge in [0.1, 0.15) is 0 Å². The molecule has 1 atom stereocenters. The molecule has 0 spiro atoms. The molecule has 0 unspecified atom stereocenters. The molecule has 0 aromatic heterocycles. The molecular formula is C14H13F3N4O. The van der Waals surface area contributed by atoms with Crippen LogP contribution in [0, 0.1) is 5.92 Å². The minimum Gasteiger partial charge on any atom is -0.331 e. The number of fused-ring (bicyclic) bond motifs is 1. The van der Waals surface area contributed by atoms with Crippen LogP contribution in [-0.2, 0) is 12.7 Å². The van der Waals surface area contributed by atoms with Crippen molar-refractivity contribution in [2.24, 2.45) is 11.0 Å². The van der Waals surface area contributed by atoms with Crippen LogP contribution in [0.4, 0.5) is 18.9 Å². The highest BCUT2D eigenvalue weighted by Gasteiger charge is 2.44. The van der Waals surface area contributed by atoms with Gasteiger partial charge in [-0.25, -0.2) is 0 Å². The summed E-state index contributed by atoms with van der Waals surface area (Å²) < 4.78 is 39.7. The Hall–Kier alpha value is -2.21. The van der Waals surface area contributed by atoms with Gasteiger partial charge < -0.3 is 4.90 Å². The van der Waals surface area contributed by atoms with Crippen LogP contribution < -0.4 is 0 Å². The van der Waals surface area contributed by atoms with Gasteiger partial charge in [-0.05, 0) is 48.9 Å². The lowest BCUT2D eigenvalue weighted by molar-refractivity contribution is -0.137. The van der Waals surface area contributed by atoms with Crippen molar-refractivity contribution in [3.63, 3.8) is 0 Å². The molecule has 1 aromatic rings. The number of halogens is 3. The minimum absolute atomic E-state index is 0.0797. The summed E-state index contributed by atoms with van der Waals surface area (Å²) in [5, 5.41) is 3.25. The smallest absolute Gasteiger partial charge is 0.331 e. The second-order valence-corrected chi connectivity index (χ2v) is 5.73. The molecule has 0 N–H and O–H groups in total. The third-order valence-electron chi connectivity index (χ3n) is 4.28. The van der Waals surface area contributed by atoms with Crippen LogP contribution in [0.2, 0.25) is 0 Å². The lowest BCUT2D eigenvalue weighted by atomic mass is 10.0. The van der Waals surface area contributed by atoms with Crippen LogP contribution in [0.5, 0.6) is 0 Å². The van der Waals surface area contributed by atoms with E-state index in [-0.39, 0.29) is 29.4 Å². The topological polar surface area (TPSA) is 69.1 Å². The first-order chi connectivity index (χ1) is 10.3. The van der Waals surface area contributed by atoms with Gasteiger partial charge >= 0.3 is 6.18 Å². The van der Waals surface area contributed by atoms with E-state index in [0.29, 0.717) is 5.92 Å². The Morgan fingerprint density at radius 2 is 2.09 bits per heavy atom. The number of nitrogens with zero attached hydrogens (tertiary/aromatic N) is 4. The number of rotatable bonds is 3. The first kappa shape index (κ1) is 14.7. The van der Waals surface area contributed by atoms with Gasteiger partial charge in [0.2, 0.25) is 0 Å². The number of benzene rings is 1. The molecule has 1 fully saturated rings. The van der Waals surface area contributed by atoms with Crippen molar-refractivity contribution >= 4 is 11.6 Å². The standard InChI is InChI=1S/C14H13F3N4O/c1-7(8-2-3-8)21-6-9-4-10(19-20-18)5-11(14(15,16)17)12(9)13(21)22/h4-5,7-8H,2-3,6H2,1H3/t7-/m0/s1. The van der Waals surface area contributed by atoms with Crippen LogP contribution in [0.3, 0.4) is 0 Å². The molecule has 1 aromatic carbocycles. The van der Waals surface area contributed by atoms with Crippen LogP contribution in [-0.4, -0.2) is 16.8 Å². The molecule has 0 saturated heterocycles. The SMILES string of the molecule is C[C@@H](C1CC1)N1Cc2cc(N=[N+]=[N-])cc(C(F)(F)F)c2C1=O. The number of azide groups is 1. The Kier molecular flexibility index (Phi) is 3.29. The van der Waals surface area contributed by atoms with Crippen LogP contribution >= 0.6 is 0 Å². The van der Waals surface area contributed by atoms with E-state index in [1.165, 1.54) is 11.0 Å². The molecular weight excluding hydrogens is 297 g/mol. The Balaban J connectivity index is 2.08. The Labute approximate surface area is 124 Å². The number of carbonyl (C=O) groups is 1. The third kappa shape index (κ3) is 2.39. The van der Waals surface area contributed by atoms with E-state index in [1.54, 1.807) is 0 Å². The second kappa shape index (κ2) is 4.91. The quantitative estimate of drug-likeness (QED) is 0.463. The van der Waals surface area contributed by atoms with Crippen molar-refractivity contribution in [3.05, 3.63) is 39.3 Å². The Bertz CT molecular complexity index is 690. The van der Waals surface area contributed by atoms with Gasteiger partial charge in [0.25, 0.3) is 5.91 Å². The van der Waals surface area contributed by atoms with Gasteiger partial charge in [0.05, 0.1) is 11.1 Å². The molecule has 3 rings (SSSR count). The lowest BCUT2D eigenvalue weighted by Crippen LogP contribution is -2.35. The first-order valence-corrected chi connectivity index (χ1v) is 6.93. The fraction of sp³-hybridized carbons (Fsp3) is 0.500. The predicted octanol–water partition coefficient (Wildman–Crippen LogP) is 4.40. The van der Waals surface area contributed by atoms with Crippen molar-refractivity contribution in [1.29, 1.82) is 0 Å². The molecule has 0 bridgehead atoms. The van der Waals surface area contributed by atoms with E-state index in [4.69, 9.17) is 5.53 Å². The summed E-state index contributed by atoms with van der Waals surface area (Å²) >= 11 is 0. The molecule has 5 nitrogen and oxygen atoms in total. The largest absolute Gasteiger partial charge is 0.417 e. The maximum absolute atomic E-state index is 13.2. The number of hydrogen-bond donors (Lipinski definition) is 0. The lowest BCUT2D eigenvalue weighted by Gasteiger charge is -2.24. The van der Waals surface area contributed by atoms with Gasteiger partial charge in [-0.2, -0.15) is 13.2 Å². The van der Waals surface area contributed by atoms with Gasteiger partial charge in [-0.3, -0.25) is 4.79 Å². The molecule has 2 aliphatic rings. The molecule has 8 heteroatoms. The van der Waals surface area contributed by atoms with Gasteiger partial charge in [0, 0.05) is 23.2 Å². The van der Waals surface area contributed by atoms with Gasteiger partial charge in [-0.1, -0.05) is 5.11 Å². The molecule has 1 amide bonds. The zero-order chi connectivity index (χ0) is 16.1. The van der Waals surface area contributed by atoms with E-state index in [0.717, 1.165) is 18.9 Å². The Morgan fingerprint density at radius 3 is 2.64 bits per heavy atom. The van der Waals surface area contributed by atoms with Crippen molar-refractivity contribution in [2.75, 3.05) is 0 Å².